The van der Waals surface area contributed by atoms with Gasteiger partial charge in [-0.25, -0.2) is 9.78 Å². The van der Waals surface area contributed by atoms with E-state index in [0.717, 1.165) is 29.7 Å². The van der Waals surface area contributed by atoms with Gasteiger partial charge in [0, 0.05) is 12.0 Å². The number of anilines is 1. The van der Waals surface area contributed by atoms with Crippen LogP contribution in [-0.4, -0.2) is 54.2 Å². The smallest absolute Gasteiger partial charge is 0.350 e. The van der Waals surface area contributed by atoms with Crippen molar-refractivity contribution in [2.24, 2.45) is 0 Å². The quantitative estimate of drug-likeness (QED) is 0.101. The largest absolute Gasteiger partial charge is 0.507 e. The Hall–Kier alpha value is -4.38. The first-order valence-corrected chi connectivity index (χ1v) is 15.1. The number of nitrogens with zero attached hydrogens (tertiary/aromatic N) is 2. The summed E-state index contributed by atoms with van der Waals surface area (Å²) in [5, 5.41) is 11.8. The monoisotopic (exact) mass is 606 g/mol. The summed E-state index contributed by atoms with van der Waals surface area (Å²) in [6, 6.07) is 9.25. The van der Waals surface area contributed by atoms with Crippen LogP contribution in [0.15, 0.2) is 42.0 Å². The van der Waals surface area contributed by atoms with Gasteiger partial charge in [-0.15, -0.1) is 0 Å². The molecule has 0 radical (unpaired) electrons. The van der Waals surface area contributed by atoms with E-state index in [1.165, 1.54) is 12.0 Å². The van der Waals surface area contributed by atoms with Gasteiger partial charge in [-0.05, 0) is 68.7 Å². The summed E-state index contributed by atoms with van der Waals surface area (Å²) in [5.41, 5.74) is 2.03. The third-order valence-electron chi connectivity index (χ3n) is 7.32. The zero-order valence-electron chi connectivity index (χ0n) is 24.8. The fourth-order valence-corrected chi connectivity index (χ4v) is 6.23. The van der Waals surface area contributed by atoms with E-state index < -0.39 is 23.7 Å². The van der Waals surface area contributed by atoms with Crippen molar-refractivity contribution in [3.05, 3.63) is 69.2 Å². The summed E-state index contributed by atoms with van der Waals surface area (Å²) in [7, 11) is 1.51. The predicted molar refractivity (Wildman–Crippen MR) is 161 cm³/mol. The predicted octanol–water partition coefficient (Wildman–Crippen LogP) is 5.77. The molecule has 226 valence electrons. The molecule has 2 atom stereocenters. The van der Waals surface area contributed by atoms with Crippen molar-refractivity contribution in [2.45, 2.75) is 59.1 Å². The van der Waals surface area contributed by atoms with Crippen molar-refractivity contribution in [3.63, 3.8) is 0 Å². The number of thiazole rings is 1. The summed E-state index contributed by atoms with van der Waals surface area (Å²) in [6.45, 7) is 8.02. The number of benzene rings is 2. The van der Waals surface area contributed by atoms with Gasteiger partial charge in [-0.1, -0.05) is 30.7 Å². The highest BCUT2D eigenvalue weighted by Crippen LogP contribution is 2.46. The molecule has 2 aromatic carbocycles. The highest BCUT2D eigenvalue weighted by molar-refractivity contribution is 7.17. The summed E-state index contributed by atoms with van der Waals surface area (Å²) in [4.78, 5) is 45.9. The summed E-state index contributed by atoms with van der Waals surface area (Å²) in [6.07, 6.45) is 2.47. The van der Waals surface area contributed by atoms with E-state index in [2.05, 4.69) is 11.9 Å². The molecule has 11 heteroatoms. The number of carbonyl (C=O) groups is 3. The fourth-order valence-electron chi connectivity index (χ4n) is 5.24. The highest BCUT2D eigenvalue weighted by Gasteiger charge is 2.48. The number of esters is 1. The fraction of sp³-hybridized carbons (Fsp3) is 0.375. The van der Waals surface area contributed by atoms with Gasteiger partial charge in [0.25, 0.3) is 5.78 Å². The number of carbonyl (C=O) groups excluding carboxylic acids is 3. The normalized spacial score (nSPS) is 18.9. The van der Waals surface area contributed by atoms with Crippen molar-refractivity contribution in [1.82, 2.24) is 4.98 Å². The maximum absolute atomic E-state index is 13.7. The number of amides is 1. The number of ether oxygens (including phenoxy) is 4. The Balaban J connectivity index is 1.66. The standard InChI is InChI=1S/C32H34N2O8S/c1-6-8-13-41-23-12-9-19(16-24(23)39-5)26-25(27(35)20-10-11-22-21(15-20)14-17(3)42-22)28(36)30(37)34(26)32-33-18(4)29(43-32)31(38)40-7-2/h9-12,15-17,26,35H,6-8,13-14H2,1-5H3. The van der Waals surface area contributed by atoms with Crippen LogP contribution in [-0.2, 0) is 20.7 Å². The second-order valence-corrected chi connectivity index (χ2v) is 11.3. The Morgan fingerprint density at radius 2 is 1.95 bits per heavy atom. The number of hydrogen-bond donors (Lipinski definition) is 1. The zero-order chi connectivity index (χ0) is 30.8. The number of aliphatic hydroxyl groups excluding tert-OH is 1. The molecule has 1 saturated heterocycles. The van der Waals surface area contributed by atoms with Gasteiger partial charge in [-0.2, -0.15) is 0 Å². The van der Waals surface area contributed by atoms with Crippen LogP contribution < -0.4 is 19.1 Å². The lowest BCUT2D eigenvalue weighted by Gasteiger charge is -2.24. The number of methoxy groups -OCH3 is 1. The third-order valence-corrected chi connectivity index (χ3v) is 8.46. The molecule has 2 aliphatic heterocycles. The molecule has 2 unspecified atom stereocenters. The van der Waals surface area contributed by atoms with Crippen LogP contribution in [0.5, 0.6) is 17.2 Å². The number of aromatic nitrogens is 1. The van der Waals surface area contributed by atoms with E-state index in [9.17, 15) is 19.5 Å². The van der Waals surface area contributed by atoms with E-state index in [0.29, 0.717) is 47.1 Å². The Morgan fingerprint density at radius 3 is 2.67 bits per heavy atom. The zero-order valence-corrected chi connectivity index (χ0v) is 25.6. The first-order chi connectivity index (χ1) is 20.7. The van der Waals surface area contributed by atoms with Gasteiger partial charge in [-0.3, -0.25) is 14.5 Å². The highest BCUT2D eigenvalue weighted by atomic mass is 32.1. The summed E-state index contributed by atoms with van der Waals surface area (Å²) < 4.78 is 22.5. The van der Waals surface area contributed by atoms with Crippen LogP contribution in [0.4, 0.5) is 5.13 Å². The molecular weight excluding hydrogens is 572 g/mol. The number of ketones is 1. The van der Waals surface area contributed by atoms with Crippen molar-refractivity contribution in [3.8, 4) is 17.2 Å². The third kappa shape index (κ3) is 5.69. The molecule has 10 nitrogen and oxygen atoms in total. The van der Waals surface area contributed by atoms with Gasteiger partial charge >= 0.3 is 11.9 Å². The minimum atomic E-state index is -1.07. The average Bonchev–Trinajstić information content (AvgIpc) is 3.64. The van der Waals surface area contributed by atoms with Crippen LogP contribution in [0.2, 0.25) is 0 Å². The van der Waals surface area contributed by atoms with Crippen molar-refractivity contribution < 1.29 is 38.4 Å². The first-order valence-electron chi connectivity index (χ1n) is 14.2. The molecule has 43 heavy (non-hydrogen) atoms. The van der Waals surface area contributed by atoms with Crippen LogP contribution in [0.3, 0.4) is 0 Å². The lowest BCUT2D eigenvalue weighted by molar-refractivity contribution is -0.132. The Morgan fingerprint density at radius 1 is 1.16 bits per heavy atom. The summed E-state index contributed by atoms with van der Waals surface area (Å²) in [5.74, 6) is -1.01. The minimum Gasteiger partial charge on any atom is -0.507 e. The van der Waals surface area contributed by atoms with Crippen LogP contribution in [0, 0.1) is 6.92 Å². The Labute approximate surface area is 253 Å². The topological polar surface area (TPSA) is 124 Å². The molecular formula is C32H34N2O8S. The molecule has 0 spiro atoms. The lowest BCUT2D eigenvalue weighted by Crippen LogP contribution is -2.29. The number of aryl methyl sites for hydroxylation is 1. The first kappa shape index (κ1) is 30.1. The van der Waals surface area contributed by atoms with Crippen LogP contribution in [0.25, 0.3) is 5.76 Å². The molecule has 1 amide bonds. The van der Waals surface area contributed by atoms with Crippen LogP contribution in [0.1, 0.15) is 71.7 Å². The molecule has 5 rings (SSSR count). The van der Waals surface area contributed by atoms with Crippen molar-refractivity contribution >= 4 is 39.9 Å². The molecule has 3 heterocycles. The molecule has 0 saturated carbocycles. The Kier molecular flexibility index (Phi) is 8.72. The van der Waals surface area contributed by atoms with Crippen molar-refractivity contribution in [1.29, 1.82) is 0 Å². The number of rotatable bonds is 10. The number of aliphatic hydroxyl groups is 1. The average molecular weight is 607 g/mol. The van der Waals surface area contributed by atoms with E-state index in [1.54, 1.807) is 50.2 Å². The molecule has 3 aromatic rings. The van der Waals surface area contributed by atoms with E-state index in [1.807, 2.05) is 6.92 Å². The molecule has 1 N–H and O–H groups in total. The number of Topliss-reactive ketones (excluding diaryl/α,β-unsaturated/α-hetero) is 1. The van der Waals surface area contributed by atoms with Crippen LogP contribution >= 0.6 is 11.3 Å². The SMILES string of the molecule is CCCCOc1ccc(C2C(=C(O)c3ccc4c(c3)CC(C)O4)C(=O)C(=O)N2c2nc(C)c(C(=O)OCC)s2)cc1OC. The van der Waals surface area contributed by atoms with Gasteiger partial charge in [0.05, 0.1) is 37.6 Å². The van der Waals surface area contributed by atoms with Gasteiger partial charge in [0.2, 0.25) is 0 Å². The second kappa shape index (κ2) is 12.5. The minimum absolute atomic E-state index is 0.00904. The second-order valence-electron chi connectivity index (χ2n) is 10.4. The van der Waals surface area contributed by atoms with Gasteiger partial charge < -0.3 is 24.1 Å². The lowest BCUT2D eigenvalue weighted by atomic mass is 9.94. The molecule has 1 aromatic heterocycles. The maximum atomic E-state index is 13.7. The maximum Gasteiger partial charge on any atom is 0.350 e. The van der Waals surface area contributed by atoms with E-state index in [4.69, 9.17) is 18.9 Å². The molecule has 0 aliphatic carbocycles. The van der Waals surface area contributed by atoms with Gasteiger partial charge in [0.15, 0.2) is 16.6 Å². The number of fused-ring (bicyclic) bond motifs is 1. The van der Waals surface area contributed by atoms with Gasteiger partial charge in [0.1, 0.15) is 22.5 Å². The van der Waals surface area contributed by atoms with E-state index >= 15 is 0 Å². The molecule has 1 fully saturated rings. The summed E-state index contributed by atoms with van der Waals surface area (Å²) >= 11 is 0.952. The van der Waals surface area contributed by atoms with Crippen molar-refractivity contribution in [2.75, 3.05) is 25.2 Å². The molecule has 0 bridgehead atoms. The number of hydrogen-bond acceptors (Lipinski definition) is 10. The Bertz CT molecular complexity index is 1610. The van der Waals surface area contributed by atoms with E-state index in [-0.39, 0.29) is 34.1 Å². The number of unbranched alkanes of at least 4 members (excludes halogenated alkanes) is 1. The molecule has 2 aliphatic rings.